The van der Waals surface area contributed by atoms with E-state index in [9.17, 15) is 14.0 Å². The highest BCUT2D eigenvalue weighted by molar-refractivity contribution is 5.98. The third-order valence-electron chi connectivity index (χ3n) is 4.51. The minimum atomic E-state index is -0.525. The normalized spacial score (nSPS) is 10.7. The quantitative estimate of drug-likeness (QED) is 0.567. The Balaban J connectivity index is 1.87. The van der Waals surface area contributed by atoms with Gasteiger partial charge in [0.2, 0.25) is 0 Å². The van der Waals surface area contributed by atoms with E-state index in [-0.39, 0.29) is 17.9 Å². The minimum Gasteiger partial charge on any atom is -0.493 e. The van der Waals surface area contributed by atoms with Gasteiger partial charge in [0.1, 0.15) is 11.4 Å². The third-order valence-corrected chi connectivity index (χ3v) is 4.51. The van der Waals surface area contributed by atoms with Gasteiger partial charge in [-0.1, -0.05) is 25.5 Å². The molecule has 152 valence electrons. The molecule has 2 aromatic carbocycles. The van der Waals surface area contributed by atoms with Gasteiger partial charge in [0.05, 0.1) is 19.2 Å². The number of aromatic amines is 1. The van der Waals surface area contributed by atoms with Crippen LogP contribution in [0.5, 0.6) is 11.5 Å². The van der Waals surface area contributed by atoms with E-state index in [1.165, 1.54) is 25.3 Å². The number of halogens is 1. The van der Waals surface area contributed by atoms with Crippen molar-refractivity contribution in [3.05, 3.63) is 69.8 Å². The number of aromatic nitrogens is 1. The fourth-order valence-corrected chi connectivity index (χ4v) is 2.90. The molecule has 2 N–H and O–H groups in total. The van der Waals surface area contributed by atoms with Gasteiger partial charge >= 0.3 is 0 Å². The Kier molecular flexibility index (Phi) is 6.49. The second-order valence-electron chi connectivity index (χ2n) is 6.58. The molecule has 0 unspecified atom stereocenters. The predicted octanol–water partition coefficient (Wildman–Crippen LogP) is 3.78. The predicted molar refractivity (Wildman–Crippen MR) is 109 cm³/mol. The van der Waals surface area contributed by atoms with Gasteiger partial charge in [-0.2, -0.15) is 0 Å². The number of carbonyl (C=O) groups is 1. The van der Waals surface area contributed by atoms with Gasteiger partial charge in [-0.15, -0.1) is 0 Å². The number of unbranched alkanes of at least 4 members (excludes halogenated alkanes) is 1. The molecule has 1 amide bonds. The van der Waals surface area contributed by atoms with Crippen LogP contribution in [0.4, 0.5) is 4.39 Å². The van der Waals surface area contributed by atoms with Gasteiger partial charge in [-0.25, -0.2) is 4.39 Å². The molecule has 0 spiro atoms. The van der Waals surface area contributed by atoms with Crippen LogP contribution in [0.1, 0.15) is 35.7 Å². The molecule has 0 aliphatic rings. The number of ether oxygens (including phenoxy) is 2. The van der Waals surface area contributed by atoms with E-state index in [0.717, 1.165) is 18.4 Å². The van der Waals surface area contributed by atoms with Gasteiger partial charge in [0.15, 0.2) is 11.5 Å². The molecule has 0 radical (unpaired) electrons. The monoisotopic (exact) mass is 397 g/mol. The number of benzene rings is 2. The van der Waals surface area contributed by atoms with Gasteiger partial charge in [0.25, 0.3) is 11.5 Å². The summed E-state index contributed by atoms with van der Waals surface area (Å²) in [4.78, 5) is 27.8. The number of hydrogen-bond acceptors (Lipinski definition) is 4. The molecule has 0 atom stereocenters. The highest BCUT2D eigenvalue weighted by atomic mass is 18.2. The number of rotatable bonds is 8. The Morgan fingerprint density at radius 3 is 2.62 bits per heavy atom. The van der Waals surface area contributed by atoms with Crippen molar-refractivity contribution in [3.63, 3.8) is 0 Å². The van der Waals surface area contributed by atoms with Crippen LogP contribution in [0.25, 0.3) is 10.9 Å². The smallest absolute Gasteiger partial charge is 0.261 e. The summed E-state index contributed by atoms with van der Waals surface area (Å²) in [5.41, 5.74) is 0.681. The first-order valence-electron chi connectivity index (χ1n) is 9.43. The van der Waals surface area contributed by atoms with Crippen LogP contribution in [-0.2, 0) is 6.54 Å². The first-order valence-corrected chi connectivity index (χ1v) is 9.43. The molecule has 3 rings (SSSR count). The highest BCUT2D eigenvalue weighted by Crippen LogP contribution is 2.34. The Hall–Kier alpha value is -3.35. The molecule has 7 heteroatoms. The Bertz CT molecular complexity index is 1060. The highest BCUT2D eigenvalue weighted by Gasteiger charge is 2.16. The molecule has 1 aromatic heterocycles. The third kappa shape index (κ3) is 4.74. The van der Waals surface area contributed by atoms with E-state index in [2.05, 4.69) is 17.2 Å². The molecule has 0 aliphatic heterocycles. The second-order valence-corrected chi connectivity index (χ2v) is 6.58. The van der Waals surface area contributed by atoms with Crippen LogP contribution >= 0.6 is 0 Å². The molecular formula is C22H23FN2O4. The lowest BCUT2D eigenvalue weighted by atomic mass is 10.1. The van der Waals surface area contributed by atoms with E-state index in [4.69, 9.17) is 9.47 Å². The standard InChI is InChI=1S/C22H23FN2O4/c1-3-4-11-29-20-18(28-2)10-7-15-12-17(22(27)25-19(15)20)21(26)24-13-14-5-8-16(23)9-6-14/h5-10,12H,3-4,11,13H2,1-2H3,(H,24,26)(H,25,27)/i23-1. The zero-order valence-corrected chi connectivity index (χ0v) is 16.4. The largest absolute Gasteiger partial charge is 0.493 e. The second kappa shape index (κ2) is 9.23. The molecule has 3 aromatic rings. The number of amides is 1. The molecule has 0 aliphatic carbocycles. The zero-order chi connectivity index (χ0) is 20.8. The number of fused-ring (bicyclic) bond motifs is 1. The van der Waals surface area contributed by atoms with Crippen LogP contribution < -0.4 is 20.3 Å². The van der Waals surface area contributed by atoms with Crippen LogP contribution in [0.2, 0.25) is 0 Å². The summed E-state index contributed by atoms with van der Waals surface area (Å²) in [6, 6.07) is 10.8. The van der Waals surface area contributed by atoms with Crippen molar-refractivity contribution < 1.29 is 18.7 Å². The van der Waals surface area contributed by atoms with Crippen LogP contribution in [0.3, 0.4) is 0 Å². The molecule has 0 saturated heterocycles. The topological polar surface area (TPSA) is 80.4 Å². The summed E-state index contributed by atoms with van der Waals surface area (Å²) >= 11 is 0. The van der Waals surface area contributed by atoms with Gasteiger partial charge in [-0.05, 0) is 42.3 Å². The molecule has 1 heterocycles. The van der Waals surface area contributed by atoms with Crippen molar-refractivity contribution >= 4 is 16.8 Å². The molecule has 0 fully saturated rings. The summed E-state index contributed by atoms with van der Waals surface area (Å²) in [6.07, 6.45) is 1.84. The van der Waals surface area contributed by atoms with Gasteiger partial charge in [-0.3, -0.25) is 9.59 Å². The fraction of sp³-hybridized carbons (Fsp3) is 0.273. The summed E-state index contributed by atoms with van der Waals surface area (Å²) in [6.45, 7) is 2.74. The van der Waals surface area contributed by atoms with E-state index < -0.39 is 11.5 Å². The number of nitrogens with one attached hydrogen (secondary N) is 2. The Morgan fingerprint density at radius 2 is 1.93 bits per heavy atom. The van der Waals surface area contributed by atoms with Crippen LogP contribution in [0.15, 0.2) is 47.3 Å². The number of methoxy groups -OCH3 is 1. The van der Waals surface area contributed by atoms with Gasteiger partial charge in [0, 0.05) is 11.9 Å². The number of pyridine rings is 1. The summed E-state index contributed by atoms with van der Waals surface area (Å²) in [7, 11) is 1.53. The van der Waals surface area contributed by atoms with E-state index in [1.807, 2.05) is 0 Å². The maximum Gasteiger partial charge on any atom is 0.261 e. The Morgan fingerprint density at radius 1 is 1.17 bits per heavy atom. The lowest BCUT2D eigenvalue weighted by molar-refractivity contribution is 0.0949. The number of hydrogen-bond donors (Lipinski definition) is 2. The molecule has 0 saturated carbocycles. The Labute approximate surface area is 167 Å². The van der Waals surface area contributed by atoms with Crippen molar-refractivity contribution in [1.29, 1.82) is 0 Å². The van der Waals surface area contributed by atoms with Crippen LogP contribution in [0, 0.1) is 5.82 Å². The lowest BCUT2D eigenvalue weighted by Gasteiger charge is -2.14. The molecular weight excluding hydrogens is 374 g/mol. The van der Waals surface area contributed by atoms with Crippen molar-refractivity contribution in [2.45, 2.75) is 26.3 Å². The minimum absolute atomic E-state index is 0.00992. The summed E-state index contributed by atoms with van der Waals surface area (Å²) in [5.74, 6) is 0.103. The zero-order valence-electron chi connectivity index (χ0n) is 16.4. The first kappa shape index (κ1) is 20.4. The molecule has 29 heavy (non-hydrogen) atoms. The van der Waals surface area contributed by atoms with E-state index in [0.29, 0.717) is 29.0 Å². The maximum absolute atomic E-state index is 13.0. The fourth-order valence-electron chi connectivity index (χ4n) is 2.90. The van der Waals surface area contributed by atoms with Crippen LogP contribution in [-0.4, -0.2) is 24.6 Å². The number of H-pyrrole nitrogens is 1. The van der Waals surface area contributed by atoms with Crippen molar-refractivity contribution in [2.24, 2.45) is 0 Å². The molecule has 6 nitrogen and oxygen atoms in total. The average Bonchev–Trinajstić information content (AvgIpc) is 2.73. The average molecular weight is 397 g/mol. The van der Waals surface area contributed by atoms with Crippen molar-refractivity contribution in [1.82, 2.24) is 10.3 Å². The SMILES string of the molecule is CCCCOc1c(OC)ccc2cc(C(=O)NCc3ccc([18F])cc3)c(=O)[nH]c12. The van der Waals surface area contributed by atoms with Crippen molar-refractivity contribution in [2.75, 3.05) is 13.7 Å². The van der Waals surface area contributed by atoms with Crippen molar-refractivity contribution in [3.8, 4) is 11.5 Å². The summed E-state index contributed by atoms with van der Waals surface area (Å²) in [5, 5.41) is 3.34. The van der Waals surface area contributed by atoms with Gasteiger partial charge < -0.3 is 19.8 Å². The number of carbonyl (C=O) groups excluding carboxylic acids is 1. The lowest BCUT2D eigenvalue weighted by Crippen LogP contribution is -2.29. The molecule has 0 bridgehead atoms. The summed E-state index contributed by atoms with van der Waals surface area (Å²) < 4.78 is 24.2. The van der Waals surface area contributed by atoms with E-state index >= 15 is 0 Å². The van der Waals surface area contributed by atoms with E-state index in [1.54, 1.807) is 24.3 Å². The first-order chi connectivity index (χ1) is 14.0. The maximum atomic E-state index is 13.0.